The number of likely N-dealkylation sites (tertiary alicyclic amines) is 1. The van der Waals surface area contributed by atoms with Crippen LogP contribution in [0.4, 0.5) is 13.2 Å². The zero-order valence-corrected chi connectivity index (χ0v) is 20.7. The van der Waals surface area contributed by atoms with E-state index in [2.05, 4.69) is 53.0 Å². The monoisotopic (exact) mass is 497 g/mol. The Hall–Kier alpha value is -3.06. The Morgan fingerprint density at radius 1 is 1.11 bits per heavy atom. The third kappa shape index (κ3) is 6.78. The largest absolute Gasteiger partial charge is 0.492 e. The molecule has 4 nitrogen and oxygen atoms in total. The zero-order valence-electron chi connectivity index (χ0n) is 20.7. The number of aromatic nitrogens is 1. The van der Waals surface area contributed by atoms with E-state index >= 15 is 0 Å². The van der Waals surface area contributed by atoms with Gasteiger partial charge in [0.1, 0.15) is 12.4 Å². The summed E-state index contributed by atoms with van der Waals surface area (Å²) in [7, 11) is 0. The summed E-state index contributed by atoms with van der Waals surface area (Å²) in [4.78, 5) is 6.83. The number of hydrogen-bond donors (Lipinski definition) is 1. The summed E-state index contributed by atoms with van der Waals surface area (Å²) in [5, 5.41) is 3.64. The van der Waals surface area contributed by atoms with Crippen LogP contribution in [0.25, 0.3) is 0 Å². The van der Waals surface area contributed by atoms with Gasteiger partial charge >= 0.3 is 6.18 Å². The number of hydrogen-bond acceptors (Lipinski definition) is 4. The molecule has 0 amide bonds. The molecule has 192 valence electrons. The molecule has 2 aliphatic rings. The van der Waals surface area contributed by atoms with Crippen molar-refractivity contribution in [3.63, 3.8) is 0 Å². The lowest BCUT2D eigenvalue weighted by atomic mass is 9.92. The number of pyridine rings is 1. The molecule has 1 aliphatic heterocycles. The predicted molar refractivity (Wildman–Crippen MR) is 136 cm³/mol. The smallest absolute Gasteiger partial charge is 0.419 e. The minimum Gasteiger partial charge on any atom is -0.492 e. The lowest BCUT2D eigenvalue weighted by molar-refractivity contribution is -0.0946. The average molecular weight is 498 g/mol. The molecule has 1 atom stereocenters. The number of nitrogens with zero attached hydrogens (tertiary/aromatic N) is 2. The highest BCUT2D eigenvalue weighted by Crippen LogP contribution is 2.35. The molecule has 0 saturated carbocycles. The van der Waals surface area contributed by atoms with Crippen LogP contribution in [0.2, 0.25) is 0 Å². The Morgan fingerprint density at radius 2 is 1.83 bits per heavy atom. The Bertz CT molecular complexity index is 1070. The number of allylic oxidation sites excluding steroid dienone is 4. The maximum absolute atomic E-state index is 13.2. The summed E-state index contributed by atoms with van der Waals surface area (Å²) in [6, 6.07) is 14.3. The molecule has 1 aromatic heterocycles. The minimum absolute atomic E-state index is 0.0297. The first-order valence-electron chi connectivity index (χ1n) is 12.6. The molecule has 7 heteroatoms. The highest BCUT2D eigenvalue weighted by atomic mass is 19.4. The summed E-state index contributed by atoms with van der Waals surface area (Å²) in [6.07, 6.45) is 3.07. The van der Waals surface area contributed by atoms with Gasteiger partial charge in [0, 0.05) is 24.4 Å². The van der Waals surface area contributed by atoms with E-state index in [1.54, 1.807) is 12.3 Å². The second-order valence-electron chi connectivity index (χ2n) is 9.49. The SMILES string of the molecule is C=C(NC(c1ccc(C)cc1)c1ccccn1)C1CCN(CCOC2=CCCC=C2C(F)(F)F)CC1. The molecule has 0 spiro atoms. The zero-order chi connectivity index (χ0) is 25.5. The fourth-order valence-corrected chi connectivity index (χ4v) is 4.77. The van der Waals surface area contributed by atoms with Gasteiger partial charge in [-0.3, -0.25) is 9.88 Å². The van der Waals surface area contributed by atoms with Crippen LogP contribution in [-0.2, 0) is 4.74 Å². The van der Waals surface area contributed by atoms with E-state index in [0.717, 1.165) is 42.9 Å². The van der Waals surface area contributed by atoms with Gasteiger partial charge in [-0.2, -0.15) is 13.2 Å². The fourth-order valence-electron chi connectivity index (χ4n) is 4.77. The van der Waals surface area contributed by atoms with Crippen molar-refractivity contribution in [1.29, 1.82) is 0 Å². The van der Waals surface area contributed by atoms with Crippen LogP contribution < -0.4 is 5.32 Å². The lowest BCUT2D eigenvalue weighted by Gasteiger charge is -2.34. The van der Waals surface area contributed by atoms with E-state index in [1.807, 2.05) is 18.2 Å². The molecule has 4 rings (SSSR count). The summed E-state index contributed by atoms with van der Waals surface area (Å²) < 4.78 is 45.1. The molecule has 1 N–H and O–H groups in total. The molecule has 1 aromatic carbocycles. The summed E-state index contributed by atoms with van der Waals surface area (Å²) in [5.41, 5.74) is 3.64. The molecule has 2 heterocycles. The summed E-state index contributed by atoms with van der Waals surface area (Å²) >= 11 is 0. The van der Waals surface area contributed by atoms with Crippen LogP contribution >= 0.6 is 0 Å². The Labute approximate surface area is 211 Å². The van der Waals surface area contributed by atoms with E-state index in [1.165, 1.54) is 11.6 Å². The maximum atomic E-state index is 13.2. The fraction of sp³-hybridized carbons (Fsp3) is 0.414. The molecular formula is C29H34F3N3O. The lowest BCUT2D eigenvalue weighted by Crippen LogP contribution is -2.38. The highest BCUT2D eigenvalue weighted by Gasteiger charge is 2.37. The number of benzene rings is 1. The summed E-state index contributed by atoms with van der Waals surface area (Å²) in [5.74, 6) is 0.289. The van der Waals surface area contributed by atoms with Crippen molar-refractivity contribution >= 4 is 0 Å². The molecule has 1 fully saturated rings. The summed E-state index contributed by atoms with van der Waals surface area (Å²) in [6.45, 7) is 9.00. The Kier molecular flexibility index (Phi) is 8.52. The number of halogens is 3. The van der Waals surface area contributed by atoms with Crippen LogP contribution in [-0.4, -0.2) is 42.3 Å². The topological polar surface area (TPSA) is 37.4 Å². The van der Waals surface area contributed by atoms with Gasteiger partial charge in [0.05, 0.1) is 17.3 Å². The van der Waals surface area contributed by atoms with Crippen LogP contribution in [0, 0.1) is 12.8 Å². The average Bonchev–Trinajstić information content (AvgIpc) is 2.88. The quantitative estimate of drug-likeness (QED) is 0.430. The normalized spacial score (nSPS) is 18.2. The third-order valence-electron chi connectivity index (χ3n) is 6.89. The predicted octanol–water partition coefficient (Wildman–Crippen LogP) is 6.48. The second kappa shape index (κ2) is 11.8. The van der Waals surface area contributed by atoms with Crippen LogP contribution in [0.5, 0.6) is 0 Å². The number of piperidine rings is 1. The second-order valence-corrected chi connectivity index (χ2v) is 9.49. The van der Waals surface area contributed by atoms with Crippen molar-refractivity contribution in [1.82, 2.24) is 15.2 Å². The van der Waals surface area contributed by atoms with Gasteiger partial charge < -0.3 is 10.1 Å². The molecule has 36 heavy (non-hydrogen) atoms. The number of rotatable bonds is 9. The Balaban J connectivity index is 1.28. The van der Waals surface area contributed by atoms with Crippen molar-refractivity contribution in [2.75, 3.05) is 26.2 Å². The minimum atomic E-state index is -4.37. The maximum Gasteiger partial charge on any atom is 0.419 e. The molecular weight excluding hydrogens is 463 g/mol. The van der Waals surface area contributed by atoms with Gasteiger partial charge in [0.25, 0.3) is 0 Å². The van der Waals surface area contributed by atoms with Crippen molar-refractivity contribution < 1.29 is 17.9 Å². The van der Waals surface area contributed by atoms with Gasteiger partial charge in [0.15, 0.2) is 0 Å². The molecule has 0 bridgehead atoms. The van der Waals surface area contributed by atoms with Crippen LogP contribution in [0.1, 0.15) is 48.5 Å². The van der Waals surface area contributed by atoms with E-state index in [4.69, 9.17) is 4.74 Å². The van der Waals surface area contributed by atoms with Crippen molar-refractivity contribution in [2.24, 2.45) is 5.92 Å². The number of ether oxygens (including phenoxy) is 1. The molecule has 0 radical (unpaired) electrons. The van der Waals surface area contributed by atoms with Gasteiger partial charge in [0.2, 0.25) is 0 Å². The van der Waals surface area contributed by atoms with Crippen LogP contribution in [0.15, 0.2) is 84.4 Å². The van der Waals surface area contributed by atoms with Crippen LogP contribution in [0.3, 0.4) is 0 Å². The first-order valence-corrected chi connectivity index (χ1v) is 12.6. The van der Waals surface area contributed by atoms with E-state index < -0.39 is 11.7 Å². The number of alkyl halides is 3. The van der Waals surface area contributed by atoms with Gasteiger partial charge in [-0.1, -0.05) is 48.6 Å². The Morgan fingerprint density at radius 3 is 2.50 bits per heavy atom. The van der Waals surface area contributed by atoms with Crippen molar-refractivity contribution in [3.05, 3.63) is 101 Å². The standard InChI is InChI=1S/C29H34F3N3O/c1-21-10-12-24(13-11-21)28(26-8-5-6-16-33-26)34-22(2)23-14-17-35(18-15-23)19-20-36-27-9-4-3-7-25(27)29(30,31)32/h5-13,16,23,28,34H,2-4,14-15,17-20H2,1H3. The van der Waals surface area contributed by atoms with E-state index in [9.17, 15) is 13.2 Å². The van der Waals surface area contributed by atoms with Gasteiger partial charge in [-0.15, -0.1) is 0 Å². The van der Waals surface area contributed by atoms with E-state index in [-0.39, 0.29) is 18.4 Å². The third-order valence-corrected chi connectivity index (χ3v) is 6.89. The molecule has 1 unspecified atom stereocenters. The molecule has 1 aliphatic carbocycles. The first kappa shape index (κ1) is 26.0. The molecule has 2 aromatic rings. The van der Waals surface area contributed by atoms with Crippen molar-refractivity contribution in [3.8, 4) is 0 Å². The van der Waals surface area contributed by atoms with Gasteiger partial charge in [-0.05, 0) is 69.5 Å². The number of aryl methyl sites for hydroxylation is 1. The highest BCUT2D eigenvalue weighted by molar-refractivity contribution is 5.33. The molecule has 1 saturated heterocycles. The van der Waals surface area contributed by atoms with Gasteiger partial charge in [-0.25, -0.2) is 0 Å². The number of nitrogens with one attached hydrogen (secondary N) is 1. The van der Waals surface area contributed by atoms with Crippen molar-refractivity contribution in [2.45, 2.75) is 44.8 Å². The first-order chi connectivity index (χ1) is 17.3. The van der Waals surface area contributed by atoms with E-state index in [0.29, 0.717) is 25.3 Å².